The number of carbonyl (C=O) groups excluding carboxylic acids is 2. The first-order valence-electron chi connectivity index (χ1n) is 7.38. The molecule has 0 heterocycles. The molecule has 0 spiro atoms. The van der Waals surface area contributed by atoms with Crippen molar-refractivity contribution in [2.24, 2.45) is 0 Å². The molecule has 0 fully saturated rings. The second kappa shape index (κ2) is 8.68. The van der Waals surface area contributed by atoms with E-state index in [1.807, 2.05) is 0 Å². The third-order valence-electron chi connectivity index (χ3n) is 3.49. The van der Waals surface area contributed by atoms with Gasteiger partial charge in [-0.15, -0.1) is 11.8 Å². The molecule has 0 aliphatic rings. The molecule has 0 aliphatic carbocycles. The molecule has 2 aromatic carbocycles. The van der Waals surface area contributed by atoms with Crippen LogP contribution in [0.15, 0.2) is 41.3 Å². The van der Waals surface area contributed by atoms with Gasteiger partial charge in [-0.2, -0.15) is 0 Å². The van der Waals surface area contributed by atoms with Crippen molar-refractivity contribution >= 4 is 46.6 Å². The van der Waals surface area contributed by atoms with Crippen LogP contribution < -0.4 is 5.32 Å². The second-order valence-electron chi connectivity index (χ2n) is 5.18. The molecule has 2 rings (SSSR count). The summed E-state index contributed by atoms with van der Waals surface area (Å²) >= 11 is 7.17. The third-order valence-corrected chi connectivity index (χ3v) is 4.68. The number of anilines is 1. The molecule has 0 radical (unpaired) electrons. The summed E-state index contributed by atoms with van der Waals surface area (Å²) in [4.78, 5) is 34.9. The number of hydrogen-bond acceptors (Lipinski definition) is 6. The van der Waals surface area contributed by atoms with E-state index in [0.717, 1.165) is 6.07 Å². The van der Waals surface area contributed by atoms with Gasteiger partial charge in [-0.05, 0) is 43.0 Å². The topological polar surface area (TPSA) is 98.5 Å². The van der Waals surface area contributed by atoms with Gasteiger partial charge < -0.3 is 10.1 Å². The van der Waals surface area contributed by atoms with Crippen LogP contribution in [-0.2, 0) is 9.53 Å². The van der Waals surface area contributed by atoms with Crippen LogP contribution in [0.3, 0.4) is 0 Å². The minimum atomic E-state index is -0.821. The Kier molecular flexibility index (Phi) is 6.59. The first kappa shape index (κ1) is 19.7. The number of benzene rings is 2. The van der Waals surface area contributed by atoms with Crippen molar-refractivity contribution in [1.29, 1.82) is 0 Å². The van der Waals surface area contributed by atoms with Crippen molar-refractivity contribution in [1.82, 2.24) is 0 Å². The molecule has 7 nitrogen and oxygen atoms in total. The quantitative estimate of drug-likeness (QED) is 0.343. The zero-order valence-corrected chi connectivity index (χ0v) is 15.5. The molecular formula is C17H15ClN2O5S. The van der Waals surface area contributed by atoms with Gasteiger partial charge in [-0.3, -0.25) is 14.9 Å². The SMILES string of the molecule is CSc1ccc(C(=O)OCC(=O)Nc2cccc(Cl)c2C)cc1[N+](=O)[O-]. The molecule has 0 aliphatic heterocycles. The van der Waals surface area contributed by atoms with Crippen LogP contribution in [0.5, 0.6) is 0 Å². The molecule has 0 aromatic heterocycles. The van der Waals surface area contributed by atoms with E-state index in [1.54, 1.807) is 31.4 Å². The summed E-state index contributed by atoms with van der Waals surface area (Å²) in [6.45, 7) is 1.22. The number of esters is 1. The standard InChI is InChI=1S/C17H15ClN2O5S/c1-10-12(18)4-3-5-13(10)19-16(21)9-25-17(22)11-6-7-15(26-2)14(8-11)20(23)24/h3-8H,9H2,1-2H3,(H,19,21). The maximum absolute atomic E-state index is 12.0. The van der Waals surface area contributed by atoms with Gasteiger partial charge in [0.2, 0.25) is 0 Å². The molecule has 1 N–H and O–H groups in total. The van der Waals surface area contributed by atoms with Crippen LogP contribution in [0, 0.1) is 17.0 Å². The lowest BCUT2D eigenvalue weighted by atomic mass is 10.2. The van der Waals surface area contributed by atoms with Crippen LogP contribution in [0.1, 0.15) is 15.9 Å². The Morgan fingerprint density at radius 1 is 1.31 bits per heavy atom. The van der Waals surface area contributed by atoms with Crippen molar-refractivity contribution in [2.75, 3.05) is 18.2 Å². The monoisotopic (exact) mass is 394 g/mol. The first-order valence-corrected chi connectivity index (χ1v) is 8.98. The fourth-order valence-corrected chi connectivity index (χ4v) is 2.82. The number of rotatable bonds is 6. The highest BCUT2D eigenvalue weighted by atomic mass is 35.5. The van der Waals surface area contributed by atoms with Gasteiger partial charge in [0.1, 0.15) is 0 Å². The number of nitro groups is 1. The molecule has 0 saturated carbocycles. The Labute approximate surface area is 158 Å². The van der Waals surface area contributed by atoms with Gasteiger partial charge in [0.15, 0.2) is 6.61 Å². The van der Waals surface area contributed by atoms with Crippen LogP contribution in [0.25, 0.3) is 0 Å². The Bertz CT molecular complexity index is 872. The largest absolute Gasteiger partial charge is 0.452 e. The highest BCUT2D eigenvalue weighted by molar-refractivity contribution is 7.98. The van der Waals surface area contributed by atoms with E-state index in [1.165, 1.54) is 23.9 Å². The second-order valence-corrected chi connectivity index (χ2v) is 6.44. The lowest BCUT2D eigenvalue weighted by molar-refractivity contribution is -0.387. The maximum atomic E-state index is 12.0. The molecule has 1 amide bonds. The number of nitro benzene ring substituents is 1. The van der Waals surface area contributed by atoms with E-state index in [9.17, 15) is 19.7 Å². The van der Waals surface area contributed by atoms with E-state index >= 15 is 0 Å². The molecule has 0 bridgehead atoms. The fraction of sp³-hybridized carbons (Fsp3) is 0.176. The molecule has 2 aromatic rings. The average molecular weight is 395 g/mol. The summed E-state index contributed by atoms with van der Waals surface area (Å²) in [5, 5.41) is 14.1. The highest BCUT2D eigenvalue weighted by Crippen LogP contribution is 2.28. The number of halogens is 1. The van der Waals surface area contributed by atoms with Crippen LogP contribution >= 0.6 is 23.4 Å². The van der Waals surface area contributed by atoms with Crippen LogP contribution in [0.2, 0.25) is 5.02 Å². The molecule has 0 unspecified atom stereocenters. The molecular weight excluding hydrogens is 380 g/mol. The van der Waals surface area contributed by atoms with Crippen molar-refractivity contribution in [3.8, 4) is 0 Å². The lowest BCUT2D eigenvalue weighted by Gasteiger charge is -2.10. The number of nitrogens with one attached hydrogen (secondary N) is 1. The van der Waals surface area contributed by atoms with Crippen LogP contribution in [0.4, 0.5) is 11.4 Å². The van der Waals surface area contributed by atoms with E-state index in [-0.39, 0.29) is 11.3 Å². The Hall–Kier alpha value is -2.58. The van der Waals surface area contributed by atoms with Gasteiger partial charge in [-0.25, -0.2) is 4.79 Å². The Balaban J connectivity index is 2.02. The number of amides is 1. The third kappa shape index (κ3) is 4.74. The number of ether oxygens (including phenoxy) is 1. The van der Waals surface area contributed by atoms with Gasteiger partial charge in [0.05, 0.1) is 15.4 Å². The average Bonchev–Trinajstić information content (AvgIpc) is 2.62. The van der Waals surface area contributed by atoms with E-state index in [2.05, 4.69) is 5.32 Å². The lowest BCUT2D eigenvalue weighted by Crippen LogP contribution is -2.21. The highest BCUT2D eigenvalue weighted by Gasteiger charge is 2.18. The van der Waals surface area contributed by atoms with Crippen molar-refractivity contribution in [3.05, 3.63) is 62.7 Å². The summed E-state index contributed by atoms with van der Waals surface area (Å²) in [6.07, 6.45) is 1.70. The predicted octanol–water partition coefficient (Wildman–Crippen LogP) is 4.07. The molecule has 136 valence electrons. The number of nitrogens with zero attached hydrogens (tertiary/aromatic N) is 1. The zero-order valence-electron chi connectivity index (χ0n) is 13.9. The van der Waals surface area contributed by atoms with Gasteiger partial charge >= 0.3 is 5.97 Å². The van der Waals surface area contributed by atoms with E-state index in [0.29, 0.717) is 21.2 Å². The van der Waals surface area contributed by atoms with Gasteiger partial charge in [-0.1, -0.05) is 17.7 Å². The Morgan fingerprint density at radius 2 is 2.04 bits per heavy atom. The summed E-state index contributed by atoms with van der Waals surface area (Å²) in [5.41, 5.74) is 1.02. The Morgan fingerprint density at radius 3 is 2.69 bits per heavy atom. The smallest absolute Gasteiger partial charge is 0.338 e. The van der Waals surface area contributed by atoms with Crippen LogP contribution in [-0.4, -0.2) is 29.7 Å². The summed E-state index contributed by atoms with van der Waals surface area (Å²) in [5.74, 6) is -1.36. The molecule has 0 atom stereocenters. The zero-order chi connectivity index (χ0) is 19.3. The molecule has 26 heavy (non-hydrogen) atoms. The predicted molar refractivity (Wildman–Crippen MR) is 100.0 cm³/mol. The number of thioether (sulfide) groups is 1. The fourth-order valence-electron chi connectivity index (χ4n) is 2.10. The van der Waals surface area contributed by atoms with E-state index in [4.69, 9.17) is 16.3 Å². The number of hydrogen-bond donors (Lipinski definition) is 1. The first-order chi connectivity index (χ1) is 12.3. The van der Waals surface area contributed by atoms with Crippen molar-refractivity contribution in [3.63, 3.8) is 0 Å². The van der Waals surface area contributed by atoms with Gasteiger partial charge in [0, 0.05) is 16.8 Å². The van der Waals surface area contributed by atoms with Crippen molar-refractivity contribution < 1.29 is 19.2 Å². The normalized spacial score (nSPS) is 10.3. The number of carbonyl (C=O) groups is 2. The molecule has 0 saturated heterocycles. The maximum Gasteiger partial charge on any atom is 0.338 e. The van der Waals surface area contributed by atoms with Crippen molar-refractivity contribution in [2.45, 2.75) is 11.8 Å². The summed E-state index contributed by atoms with van der Waals surface area (Å²) < 4.78 is 4.93. The minimum absolute atomic E-state index is 0.00114. The van der Waals surface area contributed by atoms with Gasteiger partial charge in [0.25, 0.3) is 11.6 Å². The van der Waals surface area contributed by atoms with E-state index < -0.39 is 23.4 Å². The summed E-state index contributed by atoms with van der Waals surface area (Å²) in [6, 6.07) is 9.06. The minimum Gasteiger partial charge on any atom is -0.452 e. The molecule has 9 heteroatoms. The summed E-state index contributed by atoms with van der Waals surface area (Å²) in [7, 11) is 0.